The van der Waals surface area contributed by atoms with E-state index >= 15 is 0 Å². The molecule has 0 aliphatic heterocycles. The lowest BCUT2D eigenvalue weighted by Gasteiger charge is -1.97. The number of thiazole rings is 1. The molecule has 5 nitrogen and oxygen atoms in total. The molecule has 0 aliphatic carbocycles. The van der Waals surface area contributed by atoms with Crippen LogP contribution in [0.2, 0.25) is 0 Å². The average Bonchev–Trinajstić information content (AvgIpc) is 2.53. The molecule has 1 aromatic heterocycles. The fourth-order valence-electron chi connectivity index (χ4n) is 0.558. The van der Waals surface area contributed by atoms with E-state index in [0.717, 1.165) is 11.3 Å². The van der Waals surface area contributed by atoms with E-state index in [9.17, 15) is 4.79 Å². The van der Waals surface area contributed by atoms with Gasteiger partial charge in [0.05, 0.1) is 0 Å². The van der Waals surface area contributed by atoms with Gasteiger partial charge < -0.3 is 5.11 Å². The molecule has 0 radical (unpaired) electrons. The van der Waals surface area contributed by atoms with Crippen molar-refractivity contribution in [2.75, 3.05) is 12.1 Å². The van der Waals surface area contributed by atoms with Gasteiger partial charge in [-0.15, -0.1) is 17.8 Å². The van der Waals surface area contributed by atoms with Gasteiger partial charge in [0.1, 0.15) is 6.61 Å². The Morgan fingerprint density at radius 1 is 1.92 bits per heavy atom. The van der Waals surface area contributed by atoms with E-state index in [1.54, 1.807) is 0 Å². The molecule has 0 saturated heterocycles. The summed E-state index contributed by atoms with van der Waals surface area (Å²) in [5.41, 5.74) is 2.41. The predicted molar refractivity (Wildman–Crippen MR) is 47.5 cm³/mol. The predicted octanol–water partition coefficient (Wildman–Crippen LogP) is 0.818. The minimum Gasteiger partial charge on any atom is -0.476 e. The Bertz CT molecular complexity index is 342. The molecule has 1 rings (SSSR count). The summed E-state index contributed by atoms with van der Waals surface area (Å²) in [6.07, 6.45) is 4.92. The van der Waals surface area contributed by atoms with Gasteiger partial charge in [0.25, 0.3) is 0 Å². The molecule has 1 heterocycles. The van der Waals surface area contributed by atoms with Crippen molar-refractivity contribution in [3.8, 4) is 12.3 Å². The topological polar surface area (TPSA) is 71.5 Å². The summed E-state index contributed by atoms with van der Waals surface area (Å²) in [5, 5.41) is 10.3. The Balaban J connectivity index is 2.50. The highest BCUT2D eigenvalue weighted by atomic mass is 32.1. The molecule has 1 aromatic rings. The van der Waals surface area contributed by atoms with Crippen molar-refractivity contribution in [2.45, 2.75) is 0 Å². The Morgan fingerprint density at radius 2 is 2.69 bits per heavy atom. The van der Waals surface area contributed by atoms with Crippen molar-refractivity contribution in [1.82, 2.24) is 4.98 Å². The normalized spacial score (nSPS) is 9.15. The molecule has 0 amide bonds. The number of hydrogen-bond acceptors (Lipinski definition) is 5. The van der Waals surface area contributed by atoms with E-state index in [4.69, 9.17) is 16.4 Å². The number of aromatic nitrogens is 1. The van der Waals surface area contributed by atoms with E-state index in [0.29, 0.717) is 5.13 Å². The third kappa shape index (κ3) is 2.74. The number of carboxylic acid groups (broad SMARTS) is 1. The number of terminal acetylenes is 1. The lowest BCUT2D eigenvalue weighted by molar-refractivity contribution is 0.0691. The number of anilines is 1. The zero-order chi connectivity index (χ0) is 9.68. The smallest absolute Gasteiger partial charge is 0.355 e. The highest BCUT2D eigenvalue weighted by molar-refractivity contribution is 7.13. The molecule has 0 aliphatic rings. The lowest BCUT2D eigenvalue weighted by Crippen LogP contribution is -2.02. The maximum Gasteiger partial charge on any atom is 0.355 e. The number of carboxylic acids is 1. The van der Waals surface area contributed by atoms with Crippen molar-refractivity contribution in [3.05, 3.63) is 11.1 Å². The van der Waals surface area contributed by atoms with Crippen LogP contribution in [0.1, 0.15) is 10.5 Å². The molecule has 68 valence electrons. The van der Waals surface area contributed by atoms with Crippen LogP contribution < -0.4 is 5.48 Å². The molecule has 0 spiro atoms. The van der Waals surface area contributed by atoms with Gasteiger partial charge in [0.15, 0.2) is 5.69 Å². The number of nitrogens with zero attached hydrogens (tertiary/aromatic N) is 1. The highest BCUT2D eigenvalue weighted by Crippen LogP contribution is 2.14. The third-order valence-electron chi connectivity index (χ3n) is 1.04. The van der Waals surface area contributed by atoms with E-state index in [1.165, 1.54) is 5.38 Å². The summed E-state index contributed by atoms with van der Waals surface area (Å²) in [4.78, 5) is 18.8. The molecule has 0 unspecified atom stereocenters. The number of aromatic carboxylic acids is 1. The second-order valence-electron chi connectivity index (χ2n) is 1.94. The van der Waals surface area contributed by atoms with Crippen LogP contribution in [0, 0.1) is 12.3 Å². The van der Waals surface area contributed by atoms with Crippen molar-refractivity contribution in [2.24, 2.45) is 0 Å². The average molecular weight is 198 g/mol. The van der Waals surface area contributed by atoms with Crippen LogP contribution in [0.5, 0.6) is 0 Å². The second kappa shape index (κ2) is 4.45. The summed E-state index contributed by atoms with van der Waals surface area (Å²) < 4.78 is 0. The van der Waals surface area contributed by atoms with Crippen molar-refractivity contribution in [3.63, 3.8) is 0 Å². The SMILES string of the molecule is C#CCONc1nc(C(=O)O)cs1. The van der Waals surface area contributed by atoms with E-state index in [-0.39, 0.29) is 12.3 Å². The van der Waals surface area contributed by atoms with Crippen LogP contribution >= 0.6 is 11.3 Å². The van der Waals surface area contributed by atoms with E-state index in [2.05, 4.69) is 16.4 Å². The van der Waals surface area contributed by atoms with Gasteiger partial charge in [-0.2, -0.15) is 0 Å². The van der Waals surface area contributed by atoms with Crippen LogP contribution in [-0.4, -0.2) is 22.7 Å². The molecule has 0 fully saturated rings. The van der Waals surface area contributed by atoms with Gasteiger partial charge in [0.2, 0.25) is 5.13 Å². The first kappa shape index (κ1) is 9.51. The van der Waals surface area contributed by atoms with Crippen LogP contribution in [0.3, 0.4) is 0 Å². The van der Waals surface area contributed by atoms with Gasteiger partial charge in [0, 0.05) is 5.38 Å². The maximum atomic E-state index is 10.4. The zero-order valence-corrected chi connectivity index (χ0v) is 7.30. The van der Waals surface area contributed by atoms with Crippen LogP contribution in [0.25, 0.3) is 0 Å². The number of rotatable bonds is 4. The summed E-state index contributed by atoms with van der Waals surface area (Å²) in [5.74, 6) is 1.18. The standard InChI is InChI=1S/C7H6N2O3S/c1-2-3-12-9-7-8-5(4-13-7)6(10)11/h1,4H,3H2,(H,8,9)(H,10,11). The largest absolute Gasteiger partial charge is 0.476 e. The minimum atomic E-state index is -1.07. The number of nitrogens with one attached hydrogen (secondary N) is 1. The quantitative estimate of drug-likeness (QED) is 0.425. The Labute approximate surface area is 78.3 Å². The summed E-state index contributed by atoms with van der Waals surface area (Å²) in [7, 11) is 0. The van der Waals surface area contributed by atoms with Gasteiger partial charge >= 0.3 is 5.97 Å². The molecule has 0 saturated carbocycles. The first-order valence-corrected chi connectivity index (χ1v) is 4.12. The first-order valence-electron chi connectivity index (χ1n) is 3.24. The summed E-state index contributed by atoms with van der Waals surface area (Å²) in [6, 6.07) is 0. The van der Waals surface area contributed by atoms with Crippen molar-refractivity contribution >= 4 is 22.4 Å². The number of hydrogen-bond donors (Lipinski definition) is 2. The van der Waals surface area contributed by atoms with E-state index < -0.39 is 5.97 Å². The van der Waals surface area contributed by atoms with Crippen molar-refractivity contribution < 1.29 is 14.7 Å². The molecule has 0 bridgehead atoms. The van der Waals surface area contributed by atoms with Crippen LogP contribution in [0.4, 0.5) is 5.13 Å². The van der Waals surface area contributed by atoms with Crippen molar-refractivity contribution in [1.29, 1.82) is 0 Å². The Morgan fingerprint density at radius 3 is 3.23 bits per heavy atom. The molecule has 13 heavy (non-hydrogen) atoms. The van der Waals surface area contributed by atoms with Gasteiger partial charge in [-0.05, 0) is 0 Å². The molecule has 2 N–H and O–H groups in total. The zero-order valence-electron chi connectivity index (χ0n) is 6.48. The lowest BCUT2D eigenvalue weighted by atomic mass is 10.5. The molecular formula is C7H6N2O3S. The van der Waals surface area contributed by atoms with Crippen LogP contribution in [-0.2, 0) is 4.84 Å². The summed E-state index contributed by atoms with van der Waals surface area (Å²) in [6.45, 7) is 0.0992. The van der Waals surface area contributed by atoms with Gasteiger partial charge in [-0.1, -0.05) is 5.92 Å². The second-order valence-corrected chi connectivity index (χ2v) is 2.80. The van der Waals surface area contributed by atoms with Crippen LogP contribution in [0.15, 0.2) is 5.38 Å². The first-order chi connectivity index (χ1) is 6.24. The fraction of sp³-hybridized carbons (Fsp3) is 0.143. The molecule has 0 aromatic carbocycles. The Hall–Kier alpha value is -1.58. The number of carbonyl (C=O) groups is 1. The van der Waals surface area contributed by atoms with Gasteiger partial charge in [-0.25, -0.2) is 15.3 Å². The highest BCUT2D eigenvalue weighted by Gasteiger charge is 2.07. The summed E-state index contributed by atoms with van der Waals surface area (Å²) >= 11 is 1.13. The monoisotopic (exact) mass is 198 g/mol. The third-order valence-corrected chi connectivity index (χ3v) is 1.78. The molecular weight excluding hydrogens is 192 g/mol. The minimum absolute atomic E-state index is 0.0168. The molecule has 6 heteroatoms. The van der Waals surface area contributed by atoms with Gasteiger partial charge in [-0.3, -0.25) is 4.84 Å². The fourth-order valence-corrected chi connectivity index (χ4v) is 1.19. The maximum absolute atomic E-state index is 10.4. The molecule has 0 atom stereocenters. The van der Waals surface area contributed by atoms with E-state index in [1.807, 2.05) is 0 Å². The Kier molecular flexibility index (Phi) is 3.25.